The molecular formula is C25H23BClFN4O10. The first-order valence-electron chi connectivity index (χ1n) is 12.5. The maximum Gasteiger partial charge on any atom is 0.547 e. The Hall–Kier alpha value is -4.70. The van der Waals surface area contributed by atoms with Crippen molar-refractivity contribution < 1.29 is 53.0 Å². The summed E-state index contributed by atoms with van der Waals surface area (Å²) in [7, 11) is -1.76. The van der Waals surface area contributed by atoms with Crippen LogP contribution in [0.4, 0.5) is 9.18 Å². The van der Waals surface area contributed by atoms with Gasteiger partial charge in [-0.3, -0.25) is 19.3 Å². The van der Waals surface area contributed by atoms with E-state index in [4.69, 9.17) is 16.3 Å². The smallest absolute Gasteiger partial charge is 0.534 e. The average molecular weight is 605 g/mol. The number of urea groups is 1. The number of nitrogens with zero attached hydrogens (tertiary/aromatic N) is 2. The second-order valence-corrected chi connectivity index (χ2v) is 9.66. The van der Waals surface area contributed by atoms with Gasteiger partial charge in [-0.2, -0.15) is 0 Å². The molecule has 1 unspecified atom stereocenters. The molecule has 220 valence electrons. The highest BCUT2D eigenvalue weighted by Gasteiger charge is 2.41. The molecule has 2 atom stereocenters. The fourth-order valence-corrected chi connectivity index (χ4v) is 4.84. The molecule has 2 heterocycles. The molecule has 0 aromatic heterocycles. The molecule has 1 saturated heterocycles. The molecule has 0 radical (unpaired) electrons. The van der Waals surface area contributed by atoms with Crippen molar-refractivity contribution in [2.75, 3.05) is 19.6 Å². The van der Waals surface area contributed by atoms with Crippen LogP contribution in [0.15, 0.2) is 30.3 Å². The van der Waals surface area contributed by atoms with Crippen LogP contribution in [-0.4, -0.2) is 93.4 Å². The summed E-state index contributed by atoms with van der Waals surface area (Å²) in [6.07, 6.45) is -0.128. The molecule has 0 spiro atoms. The molecule has 17 heteroatoms. The number of carboxylic acid groups (broad SMARTS) is 2. The van der Waals surface area contributed by atoms with Crippen molar-refractivity contribution in [3.63, 3.8) is 0 Å². The van der Waals surface area contributed by atoms with Gasteiger partial charge in [-0.25, -0.2) is 18.8 Å². The summed E-state index contributed by atoms with van der Waals surface area (Å²) >= 11 is 5.89. The lowest BCUT2D eigenvalue weighted by Crippen LogP contribution is -2.60. The van der Waals surface area contributed by atoms with Gasteiger partial charge in [0.1, 0.15) is 17.6 Å². The van der Waals surface area contributed by atoms with Crippen LogP contribution in [0.1, 0.15) is 44.8 Å². The topological polar surface area (TPSA) is 203 Å². The minimum atomic E-state index is -1.94. The number of halogens is 2. The highest BCUT2D eigenvalue weighted by atomic mass is 35.5. The Kier molecular flexibility index (Phi) is 8.68. The average Bonchev–Trinajstić information content (AvgIpc) is 2.94. The Morgan fingerprint density at radius 2 is 1.79 bits per heavy atom. The van der Waals surface area contributed by atoms with E-state index in [0.29, 0.717) is 10.5 Å². The number of piperazine rings is 1. The highest BCUT2D eigenvalue weighted by Crippen LogP contribution is 2.31. The number of aromatic carboxylic acids is 2. The quantitative estimate of drug-likeness (QED) is 0.218. The molecule has 42 heavy (non-hydrogen) atoms. The van der Waals surface area contributed by atoms with Crippen molar-refractivity contribution >= 4 is 54.4 Å². The van der Waals surface area contributed by atoms with Gasteiger partial charge in [-0.1, -0.05) is 29.8 Å². The van der Waals surface area contributed by atoms with E-state index in [1.165, 1.54) is 23.1 Å². The van der Waals surface area contributed by atoms with Crippen LogP contribution >= 0.6 is 11.6 Å². The highest BCUT2D eigenvalue weighted by molar-refractivity contribution is 6.47. The number of para-hydroxylation sites is 1. The molecule has 0 aliphatic carbocycles. The van der Waals surface area contributed by atoms with Gasteiger partial charge in [0.2, 0.25) is 5.91 Å². The molecule has 0 saturated carbocycles. The van der Waals surface area contributed by atoms with Crippen LogP contribution in [-0.2, 0) is 20.8 Å². The Bertz CT molecular complexity index is 1510. The summed E-state index contributed by atoms with van der Waals surface area (Å²) in [6.45, 7) is 1.65. The number of hydrogen-bond donors (Lipinski definition) is 5. The lowest BCUT2D eigenvalue weighted by molar-refractivity contribution is -0.153. The zero-order chi connectivity index (χ0) is 30.9. The van der Waals surface area contributed by atoms with Gasteiger partial charge in [0.15, 0.2) is 0 Å². The summed E-state index contributed by atoms with van der Waals surface area (Å²) in [6, 6.07) is 2.85. The maximum atomic E-state index is 15.3. The van der Waals surface area contributed by atoms with Gasteiger partial charge in [0.05, 0.1) is 22.1 Å². The van der Waals surface area contributed by atoms with Crippen LogP contribution < -0.4 is 15.3 Å². The summed E-state index contributed by atoms with van der Waals surface area (Å²) in [4.78, 5) is 76.1. The Labute approximate surface area is 242 Å². The van der Waals surface area contributed by atoms with Crippen LogP contribution in [0.3, 0.4) is 0 Å². The van der Waals surface area contributed by atoms with Gasteiger partial charge in [-0.15, -0.1) is 0 Å². The molecule has 2 aliphatic rings. The third kappa shape index (κ3) is 5.71. The van der Waals surface area contributed by atoms with Crippen molar-refractivity contribution in [1.29, 1.82) is 0 Å². The van der Waals surface area contributed by atoms with Crippen LogP contribution in [0, 0.1) is 5.82 Å². The third-order valence-corrected chi connectivity index (χ3v) is 7.17. The number of hydrogen-bond acceptors (Lipinski definition) is 8. The number of imide groups is 1. The van der Waals surface area contributed by atoms with Crippen LogP contribution in [0.25, 0.3) is 0 Å². The van der Waals surface area contributed by atoms with Gasteiger partial charge >= 0.3 is 36.9 Å². The molecule has 2 aliphatic heterocycles. The minimum absolute atomic E-state index is 0.0161. The van der Waals surface area contributed by atoms with E-state index in [-0.39, 0.29) is 37.4 Å². The first kappa shape index (κ1) is 30.3. The first-order valence-corrected chi connectivity index (χ1v) is 12.9. The maximum absolute atomic E-state index is 15.3. The molecule has 2 aromatic rings. The molecule has 0 bridgehead atoms. The van der Waals surface area contributed by atoms with E-state index in [9.17, 15) is 44.0 Å². The number of nitrogens with one attached hydrogen (secondary N) is 2. The summed E-state index contributed by atoms with van der Waals surface area (Å²) < 4.78 is 20.7. The lowest BCUT2D eigenvalue weighted by atomic mass is 9.72. The van der Waals surface area contributed by atoms with Crippen molar-refractivity contribution in [1.82, 2.24) is 20.4 Å². The summed E-state index contributed by atoms with van der Waals surface area (Å²) in [5.41, 5.74) is -1.11. The molecule has 5 N–H and O–H groups in total. The van der Waals surface area contributed by atoms with Crippen molar-refractivity contribution in [3.8, 4) is 5.75 Å². The minimum Gasteiger partial charge on any atom is -0.534 e. The number of carbonyl (C=O) groups is 6. The van der Waals surface area contributed by atoms with Crippen LogP contribution in [0.2, 0.25) is 5.02 Å². The molecule has 1 fully saturated rings. The Morgan fingerprint density at radius 1 is 1.10 bits per heavy atom. The first-order chi connectivity index (χ1) is 19.8. The molecule has 2 aromatic carbocycles. The van der Waals surface area contributed by atoms with Crippen LogP contribution in [0.5, 0.6) is 5.75 Å². The monoisotopic (exact) mass is 604 g/mol. The Morgan fingerprint density at radius 3 is 2.43 bits per heavy atom. The van der Waals surface area contributed by atoms with E-state index >= 15 is 4.39 Å². The molecule has 4 rings (SSSR count). The van der Waals surface area contributed by atoms with E-state index in [1.807, 2.05) is 0 Å². The van der Waals surface area contributed by atoms with Gasteiger partial charge < -0.3 is 35.4 Å². The number of carbonyl (C=O) groups excluding carboxylic acids is 4. The normalized spacial score (nSPS) is 17.2. The standard InChI is InChI=1S/C25H23BClFN4O10/c1-2-31-8-9-32(22(35)21(31)34)25(40)30-18(13-7-6-12(23(36)37)16(27)17(13)28)20(33)29-15-10-11-4-3-5-14(24(38)39)19(11)42-26(15)41/h3-7,15,18,41H,2,8-10H2,1H3,(H,29,33)(H,30,40)(H,36,37)(H,38,39)/t15-,18?/m0/s1. The number of carboxylic acids is 2. The van der Waals surface area contributed by atoms with E-state index in [2.05, 4.69) is 10.6 Å². The van der Waals surface area contributed by atoms with Gasteiger partial charge in [0, 0.05) is 25.2 Å². The third-order valence-electron chi connectivity index (χ3n) is 6.80. The molecular weight excluding hydrogens is 582 g/mol. The summed E-state index contributed by atoms with van der Waals surface area (Å²) in [5.74, 6) is -8.82. The number of rotatable bonds is 7. The fourth-order valence-electron chi connectivity index (χ4n) is 4.59. The number of benzene rings is 2. The fraction of sp³-hybridized carbons (Fsp3) is 0.280. The second-order valence-electron chi connectivity index (χ2n) is 9.29. The van der Waals surface area contributed by atoms with Crippen molar-refractivity contribution in [2.24, 2.45) is 0 Å². The second kappa shape index (κ2) is 12.0. The van der Waals surface area contributed by atoms with Gasteiger partial charge in [0.25, 0.3) is 0 Å². The van der Waals surface area contributed by atoms with E-state index in [0.717, 1.165) is 12.1 Å². The van der Waals surface area contributed by atoms with Gasteiger partial charge in [-0.05, 0) is 31.0 Å². The number of likely N-dealkylation sites (N-methyl/N-ethyl adjacent to an activating group) is 1. The number of fused-ring (bicyclic) bond motifs is 1. The zero-order valence-electron chi connectivity index (χ0n) is 21.8. The Balaban J connectivity index is 1.64. The SMILES string of the molecule is CCN1CCN(C(=O)NC(C(=O)N[C@H]2Cc3cccc(C(=O)O)c3OB2O)c2ccc(C(=O)O)c(Cl)c2F)C(=O)C1=O. The lowest BCUT2D eigenvalue weighted by Gasteiger charge is -2.33. The number of amides is 5. The largest absolute Gasteiger partial charge is 0.547 e. The summed E-state index contributed by atoms with van der Waals surface area (Å²) in [5, 5.41) is 32.9. The van der Waals surface area contributed by atoms with E-state index in [1.54, 1.807) is 6.92 Å². The van der Waals surface area contributed by atoms with Crippen molar-refractivity contribution in [3.05, 3.63) is 63.4 Å². The zero-order valence-corrected chi connectivity index (χ0v) is 22.6. The van der Waals surface area contributed by atoms with E-state index < -0.39 is 76.8 Å². The predicted molar refractivity (Wildman–Crippen MR) is 141 cm³/mol. The van der Waals surface area contributed by atoms with Crippen molar-refractivity contribution in [2.45, 2.75) is 25.3 Å². The molecule has 14 nitrogen and oxygen atoms in total. The molecule has 5 amide bonds. The predicted octanol–water partition coefficient (Wildman–Crippen LogP) is 0.457.